The quantitative estimate of drug-likeness (QED) is 0.0590. The monoisotopic (exact) mass is 944 g/mol. The van der Waals surface area contributed by atoms with Crippen LogP contribution in [0.25, 0.3) is 33.0 Å². The number of nitrogens with zero attached hydrogens (tertiary/aromatic N) is 8. The molecule has 0 heterocycles. The number of non-ortho nitro benzene ring substituents is 2. The van der Waals surface area contributed by atoms with Crippen LogP contribution in [-0.2, 0) is 37.0 Å². The molecule has 0 aliphatic heterocycles. The van der Waals surface area contributed by atoms with Crippen LogP contribution < -0.4 is 39.8 Å². The molecule has 0 fully saturated rings. The largest absolute Gasteiger partial charge is 3.00 e. The second-order valence-electron chi connectivity index (χ2n) is 11.6. The van der Waals surface area contributed by atoms with Gasteiger partial charge < -0.3 is 30.8 Å². The smallest absolute Gasteiger partial charge is 0.866 e. The minimum Gasteiger partial charge on any atom is -0.866 e. The van der Waals surface area contributed by atoms with Crippen molar-refractivity contribution in [1.82, 2.24) is 0 Å². The van der Waals surface area contributed by atoms with Gasteiger partial charge in [-0.25, -0.2) is 16.8 Å². The van der Waals surface area contributed by atoms with E-state index < -0.39 is 95.3 Å². The van der Waals surface area contributed by atoms with E-state index >= 15 is 0 Å². The zero-order valence-electron chi connectivity index (χ0n) is 32.3. The van der Waals surface area contributed by atoms with Crippen molar-refractivity contribution in [2.75, 3.05) is 0 Å². The molecule has 0 aliphatic carbocycles. The van der Waals surface area contributed by atoms with Gasteiger partial charge in [0.2, 0.25) is 0 Å². The first-order valence-electron chi connectivity index (χ1n) is 15.6. The van der Waals surface area contributed by atoms with Crippen molar-refractivity contribution in [3.63, 3.8) is 0 Å². The second kappa shape index (κ2) is 19.3. The number of nitrogens with one attached hydrogen (secondary N) is 2. The molecule has 0 saturated heterocycles. The van der Waals surface area contributed by atoms with Crippen LogP contribution in [0.4, 0.5) is 56.9 Å². The zero-order valence-corrected chi connectivity index (χ0v) is 35.0. The molecule has 2 N–H and O–H groups in total. The number of fused-ring (bicyclic) bond motifs is 2. The maximum atomic E-state index is 12.2. The summed E-state index contributed by atoms with van der Waals surface area (Å²) in [6, 6.07) is 14.4. The molecule has 0 bridgehead atoms. The fourth-order valence-electron chi connectivity index (χ4n) is 5.28. The molecule has 30 heteroatoms. The third-order valence-corrected chi connectivity index (χ3v) is 9.71. The Balaban J connectivity index is 0.000000602. The third-order valence-electron chi connectivity index (χ3n) is 7.92. The van der Waals surface area contributed by atoms with E-state index in [0.717, 1.165) is 24.3 Å². The summed E-state index contributed by atoms with van der Waals surface area (Å²) in [6.45, 7) is 0. The van der Waals surface area contributed by atoms with Gasteiger partial charge in [0.05, 0.1) is 64.4 Å². The molecule has 0 spiro atoms. The average Bonchev–Trinajstić information content (AvgIpc) is 3.16. The van der Waals surface area contributed by atoms with Crippen molar-refractivity contribution in [2.45, 2.75) is 9.79 Å². The van der Waals surface area contributed by atoms with Gasteiger partial charge >= 0.3 is 49.2 Å². The number of benzene rings is 6. The van der Waals surface area contributed by atoms with Crippen molar-refractivity contribution in [3.05, 3.63) is 137 Å². The van der Waals surface area contributed by atoms with Crippen LogP contribution in [0.2, 0.25) is 0 Å². The van der Waals surface area contributed by atoms with E-state index in [-0.39, 0.29) is 93.5 Å². The molecule has 0 aliphatic rings. The molecule has 6 aromatic rings. The first kappa shape index (κ1) is 49.5. The van der Waals surface area contributed by atoms with Crippen LogP contribution in [0.5, 0.6) is 11.5 Å². The summed E-state index contributed by atoms with van der Waals surface area (Å²) in [5.74, 6) is -2.46. The maximum Gasteiger partial charge on any atom is 3.00 e. The van der Waals surface area contributed by atoms with Crippen LogP contribution in [0.15, 0.2) is 115 Å². The molecule has 62 heavy (non-hydrogen) atoms. The normalized spacial score (nSPS) is 11.4. The summed E-state index contributed by atoms with van der Waals surface area (Å²) in [4.78, 5) is 38.6. The van der Waals surface area contributed by atoms with E-state index in [1.807, 2.05) is 0 Å². The summed E-state index contributed by atoms with van der Waals surface area (Å²) < 4.78 is 68.7. The molecule has 314 valence electrons. The van der Waals surface area contributed by atoms with Gasteiger partial charge in [0, 0.05) is 45.2 Å². The van der Waals surface area contributed by atoms with Gasteiger partial charge in [-0.2, -0.15) is 20.5 Å². The second-order valence-corrected chi connectivity index (χ2v) is 14.3. The Morgan fingerprint density at radius 1 is 0.500 bits per heavy atom. The summed E-state index contributed by atoms with van der Waals surface area (Å²) in [5, 5.41) is 82.6. The molecule has 0 amide bonds. The van der Waals surface area contributed by atoms with Crippen LogP contribution in [0.1, 0.15) is 2.85 Å². The molecule has 26 nitrogen and oxygen atoms in total. The van der Waals surface area contributed by atoms with Crippen molar-refractivity contribution >= 4 is 98.7 Å². The summed E-state index contributed by atoms with van der Waals surface area (Å²) in [7, 11) is -9.69. The molecular formula is C32H18CoN10NaO16S2. The minimum absolute atomic E-state index is 0. The molecule has 0 radical (unpaired) electrons. The van der Waals surface area contributed by atoms with E-state index in [9.17, 15) is 76.6 Å². The van der Waals surface area contributed by atoms with Gasteiger partial charge in [0.25, 0.3) is 22.7 Å². The van der Waals surface area contributed by atoms with E-state index in [4.69, 9.17) is 11.5 Å². The number of nitro groups is 4. The van der Waals surface area contributed by atoms with Crippen molar-refractivity contribution in [1.29, 1.82) is 0 Å². The van der Waals surface area contributed by atoms with Gasteiger partial charge in [-0.05, 0) is 12.1 Å². The van der Waals surface area contributed by atoms with Crippen LogP contribution in [0.3, 0.4) is 0 Å². The number of rotatable bonds is 10. The van der Waals surface area contributed by atoms with Crippen LogP contribution >= 0.6 is 0 Å². The summed E-state index contributed by atoms with van der Waals surface area (Å²) >= 11 is 0. The Morgan fingerprint density at radius 2 is 0.839 bits per heavy atom. The Morgan fingerprint density at radius 3 is 1.13 bits per heavy atom. The Labute approximate surface area is 380 Å². The molecule has 0 saturated carbocycles. The van der Waals surface area contributed by atoms with Crippen molar-refractivity contribution in [2.24, 2.45) is 20.5 Å². The topological polar surface area (TPSA) is 430 Å². The molecule has 6 rings (SSSR count). The van der Waals surface area contributed by atoms with Gasteiger partial charge in [-0.15, -0.1) is 11.4 Å². The summed E-state index contributed by atoms with van der Waals surface area (Å²) in [5.41, 5.74) is 9.73. The van der Waals surface area contributed by atoms with E-state index in [1.54, 1.807) is 0 Å². The Kier molecular flexibility index (Phi) is 15.4. The minimum atomic E-state index is -4.85. The first-order valence-corrected chi connectivity index (χ1v) is 18.4. The number of azo groups is 2. The Hall–Kier alpha value is -6.83. The molecule has 0 unspecified atom stereocenters. The fourth-order valence-corrected chi connectivity index (χ4v) is 6.67. The maximum absolute atomic E-state index is 12.2. The van der Waals surface area contributed by atoms with Gasteiger partial charge in [0.15, 0.2) is 0 Å². The molecule has 6 aromatic carbocycles. The SMILES string of the molecule is [Co+3].[H+].[H+].[NH-]c1ccc2c(S(=O)(=O)[O-])cccc2c1N=Nc1cc([N+](=O)[O-])cc([N+](=O)[O-])c1[O-].[NH-]c1ccc2c(S(=O)(=O)[O-])cccc2c1N=Nc1cc([N+](=O)[O-])cc([N+](=O)[O-])c1[O-].[Na+]. The van der Waals surface area contributed by atoms with Gasteiger partial charge in [0.1, 0.15) is 20.2 Å². The number of hydrogen-bond acceptors (Lipinski definition) is 20. The van der Waals surface area contributed by atoms with Crippen LogP contribution in [0, 0.1) is 40.5 Å². The van der Waals surface area contributed by atoms with E-state index in [1.165, 1.54) is 36.4 Å². The van der Waals surface area contributed by atoms with Crippen molar-refractivity contribution in [3.8, 4) is 11.5 Å². The molecule has 0 atom stereocenters. The third kappa shape index (κ3) is 10.5. The average molecular weight is 945 g/mol. The van der Waals surface area contributed by atoms with Gasteiger partial charge in [-0.3, -0.25) is 40.5 Å². The standard InChI is InChI=1S/2C16H10N5O8S.Co.Na/c2*17-11-5-4-9-10(2-1-3-14(9)30(27,28)29)15(11)19-18-12-6-8(20(23)24)7-13(16(12)22)21(25)26;;/h2*1-7H,(H3-,17,18,19,22,27,28,29);;/q2*-1;+3;+1/p-2. The first-order chi connectivity index (χ1) is 28.0. The van der Waals surface area contributed by atoms with E-state index in [2.05, 4.69) is 20.5 Å². The predicted octanol–water partition coefficient (Wildman–Crippen LogP) is 4.69. The fraction of sp³-hybridized carbons (Fsp3) is 0. The molecular weight excluding hydrogens is 926 g/mol. The predicted molar refractivity (Wildman–Crippen MR) is 201 cm³/mol. The van der Waals surface area contributed by atoms with E-state index in [0.29, 0.717) is 24.3 Å². The van der Waals surface area contributed by atoms with Gasteiger partial charge in [-0.1, -0.05) is 48.5 Å². The zero-order chi connectivity index (χ0) is 44.4. The Bertz CT molecular complexity index is 2940. The summed E-state index contributed by atoms with van der Waals surface area (Å²) in [6.07, 6.45) is 0. The number of nitro benzene ring substituents is 4. The number of hydrogen-bond donors (Lipinski definition) is 0. The van der Waals surface area contributed by atoms with Crippen LogP contribution in [-0.4, -0.2) is 45.6 Å². The molecule has 0 aromatic heterocycles. The van der Waals surface area contributed by atoms with Crippen molar-refractivity contribution < 1.29 is 105 Å².